The van der Waals surface area contributed by atoms with Crippen LogP contribution in [0, 0.1) is 0 Å². The fourth-order valence-corrected chi connectivity index (χ4v) is 2.78. The molecule has 2 aliphatic rings. The number of rotatable bonds is 2. The van der Waals surface area contributed by atoms with Crippen molar-refractivity contribution in [1.82, 2.24) is 4.90 Å². The van der Waals surface area contributed by atoms with Gasteiger partial charge in [-0.1, -0.05) is 23.8 Å². The Labute approximate surface area is 87.5 Å². The third-order valence-electron chi connectivity index (χ3n) is 3.80. The lowest BCUT2D eigenvalue weighted by atomic mass is 9.70. The van der Waals surface area contributed by atoms with Crippen molar-refractivity contribution < 1.29 is 0 Å². The molecule has 0 bridgehead atoms. The van der Waals surface area contributed by atoms with E-state index in [0.717, 1.165) is 6.42 Å². The van der Waals surface area contributed by atoms with E-state index < -0.39 is 0 Å². The summed E-state index contributed by atoms with van der Waals surface area (Å²) < 4.78 is 0. The maximum atomic E-state index is 3.93. The third-order valence-corrected chi connectivity index (χ3v) is 3.80. The lowest BCUT2D eigenvalue weighted by molar-refractivity contribution is 0.125. The molecule has 78 valence electrons. The van der Waals surface area contributed by atoms with Crippen LogP contribution in [0.5, 0.6) is 0 Å². The molecule has 0 aromatic heterocycles. The summed E-state index contributed by atoms with van der Waals surface area (Å²) >= 11 is 0. The van der Waals surface area contributed by atoms with Gasteiger partial charge in [-0.05, 0) is 52.6 Å². The molecule has 1 aliphatic carbocycles. The van der Waals surface area contributed by atoms with E-state index in [4.69, 9.17) is 0 Å². The van der Waals surface area contributed by atoms with Crippen LogP contribution in [0.1, 0.15) is 39.0 Å². The van der Waals surface area contributed by atoms with Gasteiger partial charge in [-0.3, -0.25) is 0 Å². The Kier molecular flexibility index (Phi) is 2.52. The Morgan fingerprint density at radius 1 is 1.57 bits per heavy atom. The van der Waals surface area contributed by atoms with Gasteiger partial charge in [0.1, 0.15) is 0 Å². The van der Waals surface area contributed by atoms with E-state index in [2.05, 4.69) is 31.5 Å². The summed E-state index contributed by atoms with van der Waals surface area (Å²) in [7, 11) is 2.28. The van der Waals surface area contributed by atoms with Gasteiger partial charge in [0.05, 0.1) is 0 Å². The fraction of sp³-hybridized carbons (Fsp3) is 0.692. The molecule has 1 saturated heterocycles. The number of nitrogens with zero attached hydrogens (tertiary/aromatic N) is 1. The van der Waals surface area contributed by atoms with Gasteiger partial charge in [-0.25, -0.2) is 0 Å². The van der Waals surface area contributed by atoms with Crippen LogP contribution in [-0.4, -0.2) is 24.0 Å². The Bertz CT molecular complexity index is 267. The maximum absolute atomic E-state index is 3.93. The zero-order valence-corrected chi connectivity index (χ0v) is 9.47. The summed E-state index contributed by atoms with van der Waals surface area (Å²) in [6.07, 6.45) is 8.90. The molecule has 1 spiro atoms. The minimum Gasteiger partial charge on any atom is -0.300 e. The van der Waals surface area contributed by atoms with Gasteiger partial charge in [-0.2, -0.15) is 0 Å². The number of allylic oxidation sites excluding steroid dienone is 2. The molecule has 0 radical (unpaired) electrons. The van der Waals surface area contributed by atoms with Crippen LogP contribution in [0.4, 0.5) is 0 Å². The molecule has 0 unspecified atom stereocenters. The second-order valence-electron chi connectivity index (χ2n) is 5.13. The van der Waals surface area contributed by atoms with Gasteiger partial charge >= 0.3 is 0 Å². The zero-order valence-electron chi connectivity index (χ0n) is 9.47. The van der Waals surface area contributed by atoms with Gasteiger partial charge in [0.2, 0.25) is 0 Å². The molecule has 1 nitrogen and oxygen atoms in total. The van der Waals surface area contributed by atoms with E-state index >= 15 is 0 Å². The van der Waals surface area contributed by atoms with Crippen LogP contribution in [0.25, 0.3) is 0 Å². The first-order valence-electron chi connectivity index (χ1n) is 5.66. The maximum Gasteiger partial charge on any atom is 0.0281 e. The van der Waals surface area contributed by atoms with E-state index in [1.54, 1.807) is 5.57 Å². The number of hydrogen-bond acceptors (Lipinski definition) is 1. The lowest BCUT2D eigenvalue weighted by Crippen LogP contribution is -2.48. The van der Waals surface area contributed by atoms with Crippen molar-refractivity contribution in [2.75, 3.05) is 13.6 Å². The second-order valence-corrected chi connectivity index (χ2v) is 5.13. The minimum absolute atomic E-state index is 0.570. The summed E-state index contributed by atoms with van der Waals surface area (Å²) in [5.41, 5.74) is 3.50. The van der Waals surface area contributed by atoms with Gasteiger partial charge in [0, 0.05) is 5.54 Å². The zero-order chi connectivity index (χ0) is 10.2. The van der Waals surface area contributed by atoms with Crippen molar-refractivity contribution in [1.29, 1.82) is 0 Å². The van der Waals surface area contributed by atoms with Crippen molar-refractivity contribution in [2.45, 2.75) is 44.6 Å². The normalized spacial score (nSPS) is 32.0. The SMILES string of the molecule is C=C(C)CC=C1CC2(CCCN2C)C1. The predicted octanol–water partition coefficient (Wildman–Crippen LogP) is 3.14. The van der Waals surface area contributed by atoms with E-state index in [9.17, 15) is 0 Å². The highest BCUT2D eigenvalue weighted by atomic mass is 15.2. The number of likely N-dealkylation sites (tertiary alicyclic amines) is 1. The smallest absolute Gasteiger partial charge is 0.0281 e. The minimum atomic E-state index is 0.570. The fourth-order valence-electron chi connectivity index (χ4n) is 2.78. The highest BCUT2D eigenvalue weighted by molar-refractivity contribution is 5.26. The molecular formula is C13H21N. The van der Waals surface area contributed by atoms with Gasteiger partial charge in [0.15, 0.2) is 0 Å². The molecule has 0 amide bonds. The molecule has 0 atom stereocenters. The molecule has 2 rings (SSSR count). The topological polar surface area (TPSA) is 3.24 Å². The van der Waals surface area contributed by atoms with Crippen LogP contribution in [0.3, 0.4) is 0 Å². The summed E-state index contributed by atoms with van der Waals surface area (Å²) in [6, 6.07) is 0. The van der Waals surface area contributed by atoms with E-state index in [-0.39, 0.29) is 0 Å². The van der Waals surface area contributed by atoms with Crippen LogP contribution in [-0.2, 0) is 0 Å². The van der Waals surface area contributed by atoms with Gasteiger partial charge < -0.3 is 4.90 Å². The molecule has 1 heteroatoms. The lowest BCUT2D eigenvalue weighted by Gasteiger charge is -2.46. The van der Waals surface area contributed by atoms with E-state index in [1.165, 1.54) is 37.8 Å². The molecule has 0 aromatic rings. The van der Waals surface area contributed by atoms with Crippen LogP contribution in [0.15, 0.2) is 23.8 Å². The van der Waals surface area contributed by atoms with Crippen LogP contribution < -0.4 is 0 Å². The van der Waals surface area contributed by atoms with Gasteiger partial charge in [0.25, 0.3) is 0 Å². The molecule has 0 aromatic carbocycles. The molecule has 2 fully saturated rings. The summed E-state index contributed by atoms with van der Waals surface area (Å²) in [5, 5.41) is 0. The predicted molar refractivity (Wildman–Crippen MR) is 61.3 cm³/mol. The van der Waals surface area contributed by atoms with E-state index in [1.807, 2.05) is 0 Å². The summed E-state index contributed by atoms with van der Waals surface area (Å²) in [4.78, 5) is 2.56. The van der Waals surface area contributed by atoms with Crippen molar-refractivity contribution >= 4 is 0 Å². The quantitative estimate of drug-likeness (QED) is 0.606. The number of hydrogen-bond donors (Lipinski definition) is 0. The highest BCUT2D eigenvalue weighted by Gasteiger charge is 2.45. The third kappa shape index (κ3) is 1.66. The summed E-state index contributed by atoms with van der Waals surface area (Å²) in [5.74, 6) is 0. The molecule has 14 heavy (non-hydrogen) atoms. The Morgan fingerprint density at radius 3 is 2.79 bits per heavy atom. The van der Waals surface area contributed by atoms with Crippen LogP contribution >= 0.6 is 0 Å². The van der Waals surface area contributed by atoms with Crippen molar-refractivity contribution in [3.05, 3.63) is 23.8 Å². The van der Waals surface area contributed by atoms with E-state index in [0.29, 0.717) is 5.54 Å². The molecular weight excluding hydrogens is 170 g/mol. The Hall–Kier alpha value is -0.560. The first-order chi connectivity index (χ1) is 6.62. The Morgan fingerprint density at radius 2 is 2.29 bits per heavy atom. The summed E-state index contributed by atoms with van der Waals surface area (Å²) in [6.45, 7) is 7.34. The highest BCUT2D eigenvalue weighted by Crippen LogP contribution is 2.48. The molecule has 1 aliphatic heterocycles. The van der Waals surface area contributed by atoms with Crippen LogP contribution in [0.2, 0.25) is 0 Å². The average molecular weight is 191 g/mol. The van der Waals surface area contributed by atoms with Crippen molar-refractivity contribution in [2.24, 2.45) is 0 Å². The second kappa shape index (κ2) is 3.54. The molecule has 1 saturated carbocycles. The molecule has 0 N–H and O–H groups in total. The monoisotopic (exact) mass is 191 g/mol. The largest absolute Gasteiger partial charge is 0.300 e. The first-order valence-corrected chi connectivity index (χ1v) is 5.66. The van der Waals surface area contributed by atoms with Gasteiger partial charge in [-0.15, -0.1) is 0 Å². The standard InChI is InChI=1S/C13H21N/c1-11(2)5-6-12-9-13(10-12)7-4-8-14(13)3/h6H,1,4-5,7-10H2,2-3H3. The molecule has 1 heterocycles. The Balaban J connectivity index is 1.89. The first kappa shape index (κ1) is 9.97. The van der Waals surface area contributed by atoms with Crippen molar-refractivity contribution in [3.63, 3.8) is 0 Å². The van der Waals surface area contributed by atoms with Crippen molar-refractivity contribution in [3.8, 4) is 0 Å². The average Bonchev–Trinajstić information content (AvgIpc) is 2.41.